The van der Waals surface area contributed by atoms with Crippen LogP contribution in [0.4, 0.5) is 0 Å². The van der Waals surface area contributed by atoms with E-state index in [1.54, 1.807) is 6.08 Å². The fourth-order valence-corrected chi connectivity index (χ4v) is 2.75. The minimum Gasteiger partial charge on any atom is -0.506 e. The molecule has 0 saturated heterocycles. The molecule has 0 fully saturated rings. The van der Waals surface area contributed by atoms with Crippen molar-refractivity contribution in [2.24, 2.45) is 0 Å². The van der Waals surface area contributed by atoms with Gasteiger partial charge in [-0.2, -0.15) is 0 Å². The third kappa shape index (κ3) is 2.79. The molecule has 26 heavy (non-hydrogen) atoms. The second kappa shape index (κ2) is 6.55. The zero-order valence-corrected chi connectivity index (χ0v) is 14.9. The smallest absolute Gasteiger partial charge is 0.263 e. The predicted molar refractivity (Wildman–Crippen MR) is 100 cm³/mol. The monoisotopic (exact) mass is 354 g/mol. The molecule has 0 unspecified atom stereocenters. The first-order chi connectivity index (χ1) is 12.4. The van der Waals surface area contributed by atoms with Gasteiger partial charge in [0, 0.05) is 12.1 Å². The van der Waals surface area contributed by atoms with Crippen LogP contribution >= 0.6 is 0 Å². The van der Waals surface area contributed by atoms with Crippen molar-refractivity contribution in [1.29, 1.82) is 0 Å². The highest BCUT2D eigenvalue weighted by molar-refractivity contribution is 5.99. The van der Waals surface area contributed by atoms with Gasteiger partial charge in [-0.05, 0) is 25.1 Å². The Labute approximate surface area is 148 Å². The Morgan fingerprint density at radius 2 is 1.81 bits per heavy atom. The number of methoxy groups -OCH3 is 2. The van der Waals surface area contributed by atoms with Crippen molar-refractivity contribution in [3.05, 3.63) is 55.5 Å². The molecule has 0 radical (unpaired) electrons. The third-order valence-corrected chi connectivity index (χ3v) is 4.01. The lowest BCUT2D eigenvalue weighted by Crippen LogP contribution is -2.15. The van der Waals surface area contributed by atoms with E-state index in [-0.39, 0.29) is 39.2 Å². The lowest BCUT2D eigenvalue weighted by molar-refractivity contribution is 0.409. The van der Waals surface area contributed by atoms with Gasteiger partial charge >= 0.3 is 0 Å². The molecule has 1 N–H and O–H groups in total. The Bertz CT molecular complexity index is 1210. The van der Waals surface area contributed by atoms with Gasteiger partial charge in [0.15, 0.2) is 16.8 Å². The van der Waals surface area contributed by atoms with E-state index in [0.717, 1.165) is 5.57 Å². The summed E-state index contributed by atoms with van der Waals surface area (Å²) in [7, 11) is 2.79. The highest BCUT2D eigenvalue weighted by Gasteiger charge is 2.18. The number of hydrogen-bond donors (Lipinski definition) is 1. The average Bonchev–Trinajstić information content (AvgIpc) is 2.60. The van der Waals surface area contributed by atoms with Crippen LogP contribution in [-0.4, -0.2) is 19.3 Å². The number of ether oxygens (including phenoxy) is 2. The molecular weight excluding hydrogens is 336 g/mol. The Morgan fingerprint density at radius 1 is 1.08 bits per heavy atom. The molecule has 3 aromatic rings. The van der Waals surface area contributed by atoms with E-state index in [4.69, 9.17) is 13.9 Å². The van der Waals surface area contributed by atoms with E-state index < -0.39 is 10.9 Å². The second-order valence-electron chi connectivity index (χ2n) is 6.06. The highest BCUT2D eigenvalue weighted by Crippen LogP contribution is 2.31. The summed E-state index contributed by atoms with van der Waals surface area (Å²) in [5, 5.41) is 11.4. The maximum absolute atomic E-state index is 12.6. The number of rotatable bonds is 3. The molecule has 0 saturated carbocycles. The quantitative estimate of drug-likeness (QED) is 0.728. The summed E-state index contributed by atoms with van der Waals surface area (Å²) in [5.41, 5.74) is 0.0336. The lowest BCUT2D eigenvalue weighted by atomic mass is 10.1. The molecule has 3 rings (SSSR count). The summed E-state index contributed by atoms with van der Waals surface area (Å²) in [4.78, 5) is 25.0. The fraction of sp³-hybridized carbons (Fsp3) is 0.200. The first-order valence-electron chi connectivity index (χ1n) is 7.91. The summed E-state index contributed by atoms with van der Waals surface area (Å²) in [6, 6.07) is 4.22. The second-order valence-corrected chi connectivity index (χ2v) is 6.06. The van der Waals surface area contributed by atoms with Gasteiger partial charge in [-0.15, -0.1) is 0 Å². The molecule has 0 amide bonds. The summed E-state index contributed by atoms with van der Waals surface area (Å²) in [6.07, 6.45) is 3.56. The molecular formula is C20H18O6. The lowest BCUT2D eigenvalue weighted by Gasteiger charge is -2.08. The van der Waals surface area contributed by atoms with E-state index in [9.17, 15) is 14.7 Å². The van der Waals surface area contributed by atoms with Crippen molar-refractivity contribution in [3.8, 4) is 17.2 Å². The van der Waals surface area contributed by atoms with E-state index in [1.165, 1.54) is 32.4 Å². The summed E-state index contributed by atoms with van der Waals surface area (Å²) >= 11 is 0. The summed E-state index contributed by atoms with van der Waals surface area (Å²) in [6.45, 7) is 3.83. The SMILES string of the molecule is COc1cc(=O)c2c(O)c3/c(=C/C=C(C)C)cc(OC)c(=O)c3oc2c1. The van der Waals surface area contributed by atoms with Crippen LogP contribution in [0.3, 0.4) is 0 Å². The highest BCUT2D eigenvalue weighted by atomic mass is 16.5. The van der Waals surface area contributed by atoms with Crippen LogP contribution in [0.25, 0.3) is 28.0 Å². The third-order valence-electron chi connectivity index (χ3n) is 4.01. The minimum atomic E-state index is -0.510. The molecule has 0 bridgehead atoms. The first kappa shape index (κ1) is 17.5. The van der Waals surface area contributed by atoms with Crippen LogP contribution in [-0.2, 0) is 0 Å². The normalized spacial score (nSPS) is 11.8. The van der Waals surface area contributed by atoms with Crippen LogP contribution in [0.15, 0.2) is 43.9 Å². The van der Waals surface area contributed by atoms with Crippen LogP contribution in [0, 0.1) is 0 Å². The predicted octanol–water partition coefficient (Wildman–Crippen LogP) is 2.49. The van der Waals surface area contributed by atoms with E-state index in [1.807, 2.05) is 19.9 Å². The van der Waals surface area contributed by atoms with Crippen LogP contribution in [0.1, 0.15) is 13.8 Å². The molecule has 1 heterocycles. The van der Waals surface area contributed by atoms with Crippen molar-refractivity contribution in [2.45, 2.75) is 13.8 Å². The van der Waals surface area contributed by atoms with Gasteiger partial charge in [0.1, 0.15) is 22.5 Å². The Kier molecular flexibility index (Phi) is 4.42. The van der Waals surface area contributed by atoms with E-state index in [0.29, 0.717) is 5.22 Å². The van der Waals surface area contributed by atoms with Crippen molar-refractivity contribution in [2.75, 3.05) is 14.2 Å². The first-order valence-corrected chi connectivity index (χ1v) is 7.91. The molecule has 2 aromatic carbocycles. The van der Waals surface area contributed by atoms with Gasteiger partial charge in [0.25, 0.3) is 5.43 Å². The maximum Gasteiger partial charge on any atom is 0.263 e. The zero-order chi connectivity index (χ0) is 19.0. The average molecular weight is 354 g/mol. The number of aromatic hydroxyl groups is 1. The molecule has 6 heteroatoms. The van der Waals surface area contributed by atoms with Crippen LogP contribution in [0.5, 0.6) is 17.2 Å². The van der Waals surface area contributed by atoms with Gasteiger partial charge in [-0.3, -0.25) is 9.59 Å². The Balaban J connectivity index is 2.62. The number of benzene rings is 2. The maximum atomic E-state index is 12.6. The van der Waals surface area contributed by atoms with Crippen molar-refractivity contribution < 1.29 is 19.0 Å². The molecule has 0 spiro atoms. The van der Waals surface area contributed by atoms with Gasteiger partial charge in [-0.25, -0.2) is 0 Å². The largest absolute Gasteiger partial charge is 0.506 e. The molecule has 134 valence electrons. The van der Waals surface area contributed by atoms with Gasteiger partial charge in [0.05, 0.1) is 19.6 Å². The van der Waals surface area contributed by atoms with Crippen molar-refractivity contribution >= 4 is 28.0 Å². The van der Waals surface area contributed by atoms with Crippen LogP contribution < -0.4 is 25.5 Å². The van der Waals surface area contributed by atoms with E-state index >= 15 is 0 Å². The Morgan fingerprint density at radius 3 is 2.42 bits per heavy atom. The zero-order valence-electron chi connectivity index (χ0n) is 14.9. The fourth-order valence-electron chi connectivity index (χ4n) is 2.75. The van der Waals surface area contributed by atoms with Gasteiger partial charge in [0.2, 0.25) is 0 Å². The standard InChI is InChI=1S/C20H18O6/c1-10(2)5-6-11-7-15(25-4)18(22)20-16(11)19(23)17-13(21)8-12(24-3)9-14(17)26-20/h5-9,23H,1-4H3/b11-6+. The molecule has 0 aliphatic rings. The Hall–Kier alpha value is -3.28. The topological polar surface area (TPSA) is 86.0 Å². The molecule has 1 aromatic heterocycles. The van der Waals surface area contributed by atoms with Crippen LogP contribution in [0.2, 0.25) is 0 Å². The summed E-state index contributed by atoms with van der Waals surface area (Å²) in [5.74, 6) is 0.0531. The van der Waals surface area contributed by atoms with E-state index in [2.05, 4.69) is 0 Å². The van der Waals surface area contributed by atoms with Crippen molar-refractivity contribution in [3.63, 3.8) is 0 Å². The molecule has 0 aliphatic carbocycles. The molecule has 6 nitrogen and oxygen atoms in total. The number of allylic oxidation sites excluding steroid dienone is 2. The molecule has 0 atom stereocenters. The summed E-state index contributed by atoms with van der Waals surface area (Å²) < 4.78 is 15.9. The van der Waals surface area contributed by atoms with Gasteiger partial charge < -0.3 is 19.0 Å². The number of fused-ring (bicyclic) bond motifs is 2. The minimum absolute atomic E-state index is 0.00489. The number of hydrogen-bond acceptors (Lipinski definition) is 6. The van der Waals surface area contributed by atoms with Gasteiger partial charge in [-0.1, -0.05) is 17.7 Å². The van der Waals surface area contributed by atoms with Crippen molar-refractivity contribution in [1.82, 2.24) is 0 Å². The molecule has 0 aliphatic heterocycles.